The predicted molar refractivity (Wildman–Crippen MR) is 134 cm³/mol. The molecule has 0 atom stereocenters. The molecule has 3 rings (SSSR count). The van der Waals surface area contributed by atoms with Crippen LogP contribution in [0.1, 0.15) is 66.5 Å². The molecule has 0 nitrogen and oxygen atoms in total. The van der Waals surface area contributed by atoms with E-state index >= 15 is 0 Å². The molecule has 0 spiro atoms. The highest BCUT2D eigenvalue weighted by molar-refractivity contribution is 5.20. The van der Waals surface area contributed by atoms with Crippen LogP contribution in [0.15, 0.2) is 97.1 Å². The van der Waals surface area contributed by atoms with Crippen LogP contribution in [-0.4, -0.2) is 0 Å². The summed E-state index contributed by atoms with van der Waals surface area (Å²) in [6.45, 7) is 20.2. The summed E-state index contributed by atoms with van der Waals surface area (Å²) in [7, 11) is 0. The molecule has 28 heavy (non-hydrogen) atoms. The van der Waals surface area contributed by atoms with Crippen LogP contribution < -0.4 is 0 Å². The first-order chi connectivity index (χ1) is 13.8. The molecule has 0 aromatic heterocycles. The van der Waals surface area contributed by atoms with Crippen molar-refractivity contribution in [1.82, 2.24) is 0 Å². The molecule has 0 aliphatic rings. The Kier molecular flexibility index (Phi) is 42.4. The minimum absolute atomic E-state index is 1.34. The second kappa shape index (κ2) is 35.7. The summed E-state index contributed by atoms with van der Waals surface area (Å²) in [5, 5.41) is 0. The molecule has 0 fully saturated rings. The molecule has 0 heterocycles. The van der Waals surface area contributed by atoms with Crippen LogP contribution in [0, 0.1) is 13.8 Å². The fourth-order valence-corrected chi connectivity index (χ4v) is 1.58. The zero-order chi connectivity index (χ0) is 22.5. The lowest BCUT2D eigenvalue weighted by molar-refractivity contribution is 1.39. The highest BCUT2D eigenvalue weighted by Crippen LogP contribution is 2.00. The van der Waals surface area contributed by atoms with Crippen molar-refractivity contribution >= 4 is 0 Å². The van der Waals surface area contributed by atoms with Gasteiger partial charge in [0.15, 0.2) is 0 Å². The molecule has 0 aliphatic carbocycles. The van der Waals surface area contributed by atoms with Gasteiger partial charge in [-0.1, -0.05) is 164 Å². The Morgan fingerprint density at radius 2 is 0.500 bits per heavy atom. The van der Waals surface area contributed by atoms with Gasteiger partial charge < -0.3 is 0 Å². The van der Waals surface area contributed by atoms with E-state index in [0.29, 0.717) is 0 Å². The Hall–Kier alpha value is -2.34. The zero-order valence-corrected chi connectivity index (χ0v) is 20.2. The van der Waals surface area contributed by atoms with E-state index in [-0.39, 0.29) is 0 Å². The van der Waals surface area contributed by atoms with Crippen LogP contribution in [0.2, 0.25) is 0 Å². The SMILES string of the molecule is CC.CC.CC.CC.Cc1cccc(C)c1.c1ccccc1.c1ccccc1. The van der Waals surface area contributed by atoms with E-state index in [1.807, 2.05) is 128 Å². The van der Waals surface area contributed by atoms with E-state index in [4.69, 9.17) is 0 Å². The van der Waals surface area contributed by atoms with Gasteiger partial charge in [0.25, 0.3) is 0 Å². The average Bonchev–Trinajstić information content (AvgIpc) is 2.82. The van der Waals surface area contributed by atoms with Gasteiger partial charge in [0.05, 0.1) is 0 Å². The molecule has 0 bridgehead atoms. The fraction of sp³-hybridized carbons (Fsp3) is 0.357. The van der Waals surface area contributed by atoms with Gasteiger partial charge in [0.1, 0.15) is 0 Å². The summed E-state index contributed by atoms with van der Waals surface area (Å²) in [5.41, 5.74) is 2.68. The third-order valence-electron chi connectivity index (χ3n) is 2.51. The number of hydrogen-bond acceptors (Lipinski definition) is 0. The molecular formula is C28H46. The van der Waals surface area contributed by atoms with Gasteiger partial charge in [0, 0.05) is 0 Å². The van der Waals surface area contributed by atoms with Crippen LogP contribution in [0.3, 0.4) is 0 Å². The van der Waals surface area contributed by atoms with Crippen molar-refractivity contribution in [1.29, 1.82) is 0 Å². The highest BCUT2D eigenvalue weighted by Gasteiger charge is 1.80. The molecule has 0 amide bonds. The summed E-state index contributed by atoms with van der Waals surface area (Å²) >= 11 is 0. The van der Waals surface area contributed by atoms with Crippen molar-refractivity contribution < 1.29 is 0 Å². The summed E-state index contributed by atoms with van der Waals surface area (Å²) in [4.78, 5) is 0. The van der Waals surface area contributed by atoms with Gasteiger partial charge in [-0.05, 0) is 13.8 Å². The topological polar surface area (TPSA) is 0 Å². The Labute approximate surface area is 177 Å². The largest absolute Gasteiger partial charge is 0.0683 e. The summed E-state index contributed by atoms with van der Waals surface area (Å²) in [6, 6.07) is 32.4. The minimum Gasteiger partial charge on any atom is -0.0683 e. The van der Waals surface area contributed by atoms with Crippen molar-refractivity contribution in [3.63, 3.8) is 0 Å². The number of benzene rings is 3. The number of rotatable bonds is 0. The van der Waals surface area contributed by atoms with Gasteiger partial charge in [-0.3, -0.25) is 0 Å². The molecular weight excluding hydrogens is 336 g/mol. The zero-order valence-electron chi connectivity index (χ0n) is 20.2. The molecule has 0 unspecified atom stereocenters. The Morgan fingerprint density at radius 3 is 0.607 bits per heavy atom. The summed E-state index contributed by atoms with van der Waals surface area (Å²) in [5.74, 6) is 0. The second-order valence-electron chi connectivity index (χ2n) is 4.47. The van der Waals surface area contributed by atoms with Gasteiger partial charge in [-0.2, -0.15) is 0 Å². The molecule has 0 saturated carbocycles. The van der Waals surface area contributed by atoms with Crippen molar-refractivity contribution in [2.75, 3.05) is 0 Å². The molecule has 0 heteroatoms. The van der Waals surface area contributed by atoms with Crippen LogP contribution in [0.5, 0.6) is 0 Å². The molecule has 0 N–H and O–H groups in total. The maximum atomic E-state index is 2.17. The van der Waals surface area contributed by atoms with E-state index < -0.39 is 0 Å². The van der Waals surface area contributed by atoms with E-state index in [9.17, 15) is 0 Å². The minimum atomic E-state index is 1.34. The second-order valence-corrected chi connectivity index (χ2v) is 4.47. The maximum absolute atomic E-state index is 2.17. The van der Waals surface area contributed by atoms with Gasteiger partial charge in [-0.15, -0.1) is 0 Å². The first-order valence-electron chi connectivity index (χ1n) is 10.8. The first-order valence-corrected chi connectivity index (χ1v) is 10.8. The lowest BCUT2D eigenvalue weighted by Crippen LogP contribution is -1.71. The lowest BCUT2D eigenvalue weighted by Gasteiger charge is -1.90. The highest BCUT2D eigenvalue weighted by atomic mass is 13.9. The van der Waals surface area contributed by atoms with Crippen LogP contribution >= 0.6 is 0 Å². The van der Waals surface area contributed by atoms with E-state index in [1.54, 1.807) is 0 Å². The average molecular weight is 383 g/mol. The molecule has 158 valence electrons. The maximum Gasteiger partial charge on any atom is -0.0398 e. The monoisotopic (exact) mass is 382 g/mol. The molecule has 3 aromatic carbocycles. The summed E-state index contributed by atoms with van der Waals surface area (Å²) in [6.07, 6.45) is 0. The van der Waals surface area contributed by atoms with E-state index in [2.05, 4.69) is 38.1 Å². The quantitative estimate of drug-likeness (QED) is 0.363. The van der Waals surface area contributed by atoms with Crippen LogP contribution in [-0.2, 0) is 0 Å². The van der Waals surface area contributed by atoms with Gasteiger partial charge in [-0.25, -0.2) is 0 Å². The van der Waals surface area contributed by atoms with Crippen molar-refractivity contribution in [2.24, 2.45) is 0 Å². The molecule has 0 radical (unpaired) electrons. The van der Waals surface area contributed by atoms with Crippen molar-refractivity contribution in [2.45, 2.75) is 69.2 Å². The normalized spacial score (nSPS) is 6.93. The summed E-state index contributed by atoms with van der Waals surface area (Å²) < 4.78 is 0. The van der Waals surface area contributed by atoms with E-state index in [1.165, 1.54) is 11.1 Å². The lowest BCUT2D eigenvalue weighted by atomic mass is 10.2. The standard InChI is InChI=1S/C8H10.2C6H6.4C2H6/c1-7-4-3-5-8(2)6-7;2*1-2-4-6-5-3-1;4*1-2/h3-6H,1-2H3;2*1-6H;4*1-2H3. The molecule has 3 aromatic rings. The third kappa shape index (κ3) is 31.4. The van der Waals surface area contributed by atoms with E-state index in [0.717, 1.165) is 0 Å². The smallest absolute Gasteiger partial charge is 0.0398 e. The number of aryl methyl sites for hydroxylation is 2. The fourth-order valence-electron chi connectivity index (χ4n) is 1.58. The van der Waals surface area contributed by atoms with Gasteiger partial charge >= 0.3 is 0 Å². The Morgan fingerprint density at radius 1 is 0.321 bits per heavy atom. The predicted octanol–water partition coefficient (Wildman–Crippen LogP) is 9.78. The van der Waals surface area contributed by atoms with Crippen molar-refractivity contribution in [3.05, 3.63) is 108 Å². The van der Waals surface area contributed by atoms with Gasteiger partial charge in [0.2, 0.25) is 0 Å². The Bertz CT molecular complexity index is 439. The molecule has 0 saturated heterocycles. The van der Waals surface area contributed by atoms with Crippen LogP contribution in [0.25, 0.3) is 0 Å². The third-order valence-corrected chi connectivity index (χ3v) is 2.51. The first kappa shape index (κ1) is 33.3. The van der Waals surface area contributed by atoms with Crippen molar-refractivity contribution in [3.8, 4) is 0 Å². The Balaban J connectivity index is -0.000000132. The van der Waals surface area contributed by atoms with Crippen LogP contribution in [0.4, 0.5) is 0 Å². The number of hydrogen-bond donors (Lipinski definition) is 0. The molecule has 0 aliphatic heterocycles.